The molecule has 3 aromatic rings. The predicted octanol–water partition coefficient (Wildman–Crippen LogP) is 3.86. The molecular formula is C23H21BrF3N3O6. The van der Waals surface area contributed by atoms with Crippen molar-refractivity contribution in [2.24, 2.45) is 0 Å². The van der Waals surface area contributed by atoms with E-state index in [9.17, 15) is 22.8 Å². The molecule has 0 spiro atoms. The first-order chi connectivity index (χ1) is 17.0. The third-order valence-electron chi connectivity index (χ3n) is 5.10. The zero-order valence-electron chi connectivity index (χ0n) is 18.8. The van der Waals surface area contributed by atoms with Crippen molar-refractivity contribution in [2.75, 3.05) is 43.5 Å². The van der Waals surface area contributed by atoms with Crippen molar-refractivity contribution in [1.29, 1.82) is 0 Å². The number of halogens is 4. The van der Waals surface area contributed by atoms with Crippen LogP contribution in [0.3, 0.4) is 0 Å². The van der Waals surface area contributed by atoms with Gasteiger partial charge in [0.1, 0.15) is 5.56 Å². The number of carboxylic acid groups (broad SMARTS) is 1. The fraction of sp³-hybridized carbons (Fsp3) is 0.261. The average Bonchev–Trinajstić information content (AvgIpc) is 2.83. The molecule has 0 aliphatic carbocycles. The lowest BCUT2D eigenvalue weighted by atomic mass is 10.1. The molecule has 0 unspecified atom stereocenters. The van der Waals surface area contributed by atoms with Crippen molar-refractivity contribution in [3.63, 3.8) is 0 Å². The van der Waals surface area contributed by atoms with Gasteiger partial charge in [-0.05, 0) is 30.3 Å². The minimum Gasteiger partial charge on any atom is -0.493 e. The number of para-hydroxylation sites is 1. The van der Waals surface area contributed by atoms with E-state index in [1.165, 1.54) is 13.2 Å². The fourth-order valence-electron chi connectivity index (χ4n) is 3.42. The number of piperazine rings is 1. The lowest BCUT2D eigenvalue weighted by Crippen LogP contribution is -2.43. The van der Waals surface area contributed by atoms with E-state index >= 15 is 0 Å². The maximum atomic E-state index is 12.9. The van der Waals surface area contributed by atoms with Gasteiger partial charge in [-0.15, -0.1) is 0 Å². The number of aliphatic carboxylic acids is 1. The quantitative estimate of drug-likeness (QED) is 0.404. The van der Waals surface area contributed by atoms with Gasteiger partial charge in [-0.3, -0.25) is 4.79 Å². The van der Waals surface area contributed by atoms with Crippen molar-refractivity contribution in [2.45, 2.75) is 6.18 Å². The molecule has 4 rings (SSSR count). The molecule has 2 aromatic carbocycles. The van der Waals surface area contributed by atoms with E-state index in [0.29, 0.717) is 22.4 Å². The zero-order chi connectivity index (χ0) is 26.5. The molecule has 1 aliphatic heterocycles. The molecule has 3 N–H and O–H groups in total. The van der Waals surface area contributed by atoms with Gasteiger partial charge in [0, 0.05) is 36.0 Å². The standard InChI is InChI=1S/C21H20BrN3O4.C2HF3O2/c1-28-18-4-2-3-13-11-15(21(27)29-19(13)18)20(26)24-16-12-14(22)5-6-17(16)25-9-7-23-8-10-25;3-2(4,5)1(6)7/h2-6,11-12,23H,7-10H2,1H3,(H,24,26);(H,6,7). The summed E-state index contributed by atoms with van der Waals surface area (Å²) < 4.78 is 43.2. The van der Waals surface area contributed by atoms with E-state index in [1.54, 1.807) is 18.2 Å². The van der Waals surface area contributed by atoms with Crippen molar-refractivity contribution < 1.29 is 37.0 Å². The minimum absolute atomic E-state index is 0.0583. The zero-order valence-corrected chi connectivity index (χ0v) is 20.4. The number of nitrogens with zero attached hydrogens (tertiary/aromatic N) is 1. The topological polar surface area (TPSA) is 121 Å². The fourth-order valence-corrected chi connectivity index (χ4v) is 3.78. The van der Waals surface area contributed by atoms with Crippen molar-refractivity contribution in [3.05, 3.63) is 62.9 Å². The molecule has 2 heterocycles. The number of anilines is 2. The van der Waals surface area contributed by atoms with E-state index in [0.717, 1.165) is 36.3 Å². The molecule has 0 saturated carbocycles. The Morgan fingerprint density at radius 3 is 2.44 bits per heavy atom. The summed E-state index contributed by atoms with van der Waals surface area (Å²) in [7, 11) is 1.50. The summed E-state index contributed by atoms with van der Waals surface area (Å²) in [6.45, 7) is 3.42. The van der Waals surface area contributed by atoms with Crippen molar-refractivity contribution >= 4 is 50.2 Å². The average molecular weight is 572 g/mol. The Bertz CT molecular complexity index is 1320. The molecule has 0 radical (unpaired) electrons. The second-order valence-corrected chi connectivity index (χ2v) is 8.40. The van der Waals surface area contributed by atoms with Crippen LogP contribution in [-0.2, 0) is 4.79 Å². The molecule has 1 aliphatic rings. The van der Waals surface area contributed by atoms with Crippen LogP contribution in [0.4, 0.5) is 24.5 Å². The molecule has 0 atom stereocenters. The van der Waals surface area contributed by atoms with Crippen LogP contribution in [-0.4, -0.2) is 56.4 Å². The van der Waals surface area contributed by atoms with Gasteiger partial charge in [0.2, 0.25) is 0 Å². The Kier molecular flexibility index (Phi) is 8.58. The Hall–Kier alpha value is -3.58. The lowest BCUT2D eigenvalue weighted by molar-refractivity contribution is -0.192. The van der Waals surface area contributed by atoms with E-state index in [-0.39, 0.29) is 5.56 Å². The van der Waals surface area contributed by atoms with Gasteiger partial charge >= 0.3 is 17.8 Å². The molecule has 1 fully saturated rings. The summed E-state index contributed by atoms with van der Waals surface area (Å²) in [5, 5.41) is 13.9. The highest BCUT2D eigenvalue weighted by atomic mass is 79.9. The molecule has 1 saturated heterocycles. The van der Waals surface area contributed by atoms with Crippen LogP contribution in [0.1, 0.15) is 10.4 Å². The summed E-state index contributed by atoms with van der Waals surface area (Å²) in [5.41, 5.74) is 1.10. The lowest BCUT2D eigenvalue weighted by Gasteiger charge is -2.31. The number of benzene rings is 2. The number of nitrogens with one attached hydrogen (secondary N) is 2. The van der Waals surface area contributed by atoms with Crippen molar-refractivity contribution in [3.8, 4) is 5.75 Å². The first-order valence-corrected chi connectivity index (χ1v) is 11.3. The first-order valence-electron chi connectivity index (χ1n) is 10.5. The van der Waals surface area contributed by atoms with E-state index in [2.05, 4.69) is 31.5 Å². The Morgan fingerprint density at radius 2 is 1.83 bits per heavy atom. The van der Waals surface area contributed by atoms with Crippen LogP contribution in [0.15, 0.2) is 56.1 Å². The third kappa shape index (κ3) is 6.55. The number of methoxy groups -OCH3 is 1. The highest BCUT2D eigenvalue weighted by Crippen LogP contribution is 2.30. The Balaban J connectivity index is 0.000000454. The van der Waals surface area contributed by atoms with Gasteiger partial charge in [0.25, 0.3) is 5.91 Å². The van der Waals surface area contributed by atoms with E-state index in [4.69, 9.17) is 19.1 Å². The normalized spacial score (nSPS) is 13.5. The summed E-state index contributed by atoms with van der Waals surface area (Å²) in [4.78, 5) is 36.5. The van der Waals surface area contributed by atoms with Gasteiger partial charge in [0.05, 0.1) is 18.5 Å². The van der Waals surface area contributed by atoms with Gasteiger partial charge in [-0.2, -0.15) is 13.2 Å². The largest absolute Gasteiger partial charge is 0.493 e. The number of carbonyl (C=O) groups excluding carboxylic acids is 1. The number of rotatable bonds is 4. The smallest absolute Gasteiger partial charge is 0.490 e. The monoisotopic (exact) mass is 571 g/mol. The number of ether oxygens (including phenoxy) is 1. The van der Waals surface area contributed by atoms with Crippen LogP contribution < -0.4 is 25.9 Å². The summed E-state index contributed by atoms with van der Waals surface area (Å²) in [6.07, 6.45) is -5.08. The molecular weight excluding hydrogens is 551 g/mol. The Labute approximate surface area is 211 Å². The van der Waals surface area contributed by atoms with Crippen LogP contribution in [0.25, 0.3) is 11.0 Å². The number of carbonyl (C=O) groups is 2. The molecule has 0 bridgehead atoms. The van der Waals surface area contributed by atoms with E-state index in [1.807, 2.05) is 18.2 Å². The number of amides is 1. The van der Waals surface area contributed by atoms with Gasteiger partial charge in [-0.25, -0.2) is 9.59 Å². The maximum Gasteiger partial charge on any atom is 0.490 e. The second kappa shape index (κ2) is 11.4. The molecule has 192 valence electrons. The molecule has 1 aromatic heterocycles. The SMILES string of the molecule is COc1cccc2cc(C(=O)Nc3cc(Br)ccc3N3CCNCC3)c(=O)oc12.O=C(O)C(F)(F)F. The first kappa shape index (κ1) is 27.0. The van der Waals surface area contributed by atoms with Gasteiger partial charge < -0.3 is 29.8 Å². The Morgan fingerprint density at radius 1 is 1.17 bits per heavy atom. The number of alkyl halides is 3. The van der Waals surface area contributed by atoms with Crippen molar-refractivity contribution in [1.82, 2.24) is 5.32 Å². The van der Waals surface area contributed by atoms with Crippen LogP contribution in [0.5, 0.6) is 5.75 Å². The van der Waals surface area contributed by atoms with Gasteiger partial charge in [-0.1, -0.05) is 28.1 Å². The third-order valence-corrected chi connectivity index (χ3v) is 5.59. The second-order valence-electron chi connectivity index (χ2n) is 7.48. The van der Waals surface area contributed by atoms with Gasteiger partial charge in [0.15, 0.2) is 11.3 Å². The van der Waals surface area contributed by atoms with Crippen LogP contribution >= 0.6 is 15.9 Å². The minimum atomic E-state index is -5.08. The molecule has 1 amide bonds. The molecule has 9 nitrogen and oxygen atoms in total. The van der Waals surface area contributed by atoms with Crippen LogP contribution in [0, 0.1) is 0 Å². The number of fused-ring (bicyclic) bond motifs is 1. The number of hydrogen-bond acceptors (Lipinski definition) is 7. The van der Waals surface area contributed by atoms with Crippen LogP contribution in [0.2, 0.25) is 0 Å². The number of carboxylic acids is 1. The maximum absolute atomic E-state index is 12.9. The highest BCUT2D eigenvalue weighted by molar-refractivity contribution is 9.10. The molecule has 36 heavy (non-hydrogen) atoms. The predicted molar refractivity (Wildman–Crippen MR) is 130 cm³/mol. The number of hydrogen-bond donors (Lipinski definition) is 3. The molecule has 13 heteroatoms. The highest BCUT2D eigenvalue weighted by Gasteiger charge is 2.38. The summed E-state index contributed by atoms with van der Waals surface area (Å²) in [5.74, 6) is -2.83. The summed E-state index contributed by atoms with van der Waals surface area (Å²) in [6, 6.07) is 12.5. The van der Waals surface area contributed by atoms with E-state index < -0.39 is 23.7 Å². The summed E-state index contributed by atoms with van der Waals surface area (Å²) >= 11 is 3.45.